The van der Waals surface area contributed by atoms with Crippen LogP contribution in [0.2, 0.25) is 0 Å². The third kappa shape index (κ3) is 8.14. The summed E-state index contributed by atoms with van der Waals surface area (Å²) >= 11 is 0. The number of aliphatic carboxylic acids is 1. The molecular formula is C9H19NO7S. The van der Waals surface area contributed by atoms with Gasteiger partial charge in [-0.3, -0.25) is 18.8 Å². The minimum absolute atomic E-state index is 0.295. The Labute approximate surface area is 106 Å². The second-order valence-electron chi connectivity index (χ2n) is 3.76. The van der Waals surface area contributed by atoms with Crippen LogP contribution >= 0.6 is 0 Å². The zero-order valence-corrected chi connectivity index (χ0v) is 11.3. The first-order chi connectivity index (χ1) is 7.86. The number of rotatable bonds is 5. The standard InChI is InChI=1S/C9H17NO3.H2O4S/c1-5-6-9(3,8(12)13)10(4)7(2)11;1-5(2,3)4/h5,7,11H,1,6H2,2-4H3,(H,12,13);(H2,1,2,3,4). The summed E-state index contributed by atoms with van der Waals surface area (Å²) in [6.07, 6.45) is 1.04. The average Bonchev–Trinajstić information content (AvgIpc) is 2.13. The number of nitrogens with zero attached hydrogens (tertiary/aromatic N) is 1. The van der Waals surface area contributed by atoms with Gasteiger partial charge in [0.15, 0.2) is 0 Å². The second kappa shape index (κ2) is 7.44. The fraction of sp³-hybridized carbons (Fsp3) is 0.667. The molecule has 0 saturated heterocycles. The quantitative estimate of drug-likeness (QED) is 0.315. The molecule has 0 aromatic carbocycles. The largest absolute Gasteiger partial charge is 0.480 e. The average molecular weight is 285 g/mol. The van der Waals surface area contributed by atoms with Crippen molar-refractivity contribution in [2.24, 2.45) is 0 Å². The molecule has 0 fully saturated rings. The van der Waals surface area contributed by atoms with Gasteiger partial charge in [-0.1, -0.05) is 6.08 Å². The van der Waals surface area contributed by atoms with E-state index in [1.807, 2.05) is 0 Å². The Morgan fingerprint density at radius 3 is 2.00 bits per heavy atom. The molecule has 0 bridgehead atoms. The summed E-state index contributed by atoms with van der Waals surface area (Å²) in [6.45, 7) is 6.59. The van der Waals surface area contributed by atoms with Crippen molar-refractivity contribution in [3.05, 3.63) is 12.7 Å². The van der Waals surface area contributed by atoms with Crippen molar-refractivity contribution in [2.75, 3.05) is 7.05 Å². The molecule has 0 aliphatic heterocycles. The molecular weight excluding hydrogens is 266 g/mol. The maximum absolute atomic E-state index is 11.0. The van der Waals surface area contributed by atoms with E-state index in [0.29, 0.717) is 6.42 Å². The predicted octanol–water partition coefficient (Wildman–Crippen LogP) is 0.0231. The normalized spacial score (nSPS) is 16.2. The van der Waals surface area contributed by atoms with Crippen LogP contribution in [0.15, 0.2) is 12.7 Å². The van der Waals surface area contributed by atoms with Gasteiger partial charge in [-0.15, -0.1) is 6.58 Å². The van der Waals surface area contributed by atoms with Gasteiger partial charge < -0.3 is 10.2 Å². The van der Waals surface area contributed by atoms with Gasteiger partial charge in [0, 0.05) is 0 Å². The summed E-state index contributed by atoms with van der Waals surface area (Å²) in [5.74, 6) is -0.962. The highest BCUT2D eigenvalue weighted by Crippen LogP contribution is 2.20. The van der Waals surface area contributed by atoms with Crippen LogP contribution in [0.25, 0.3) is 0 Å². The first-order valence-electron chi connectivity index (χ1n) is 4.81. The number of aliphatic hydroxyl groups excluding tert-OH is 1. The Bertz CT molecular complexity index is 370. The lowest BCUT2D eigenvalue weighted by atomic mass is 9.96. The topological polar surface area (TPSA) is 135 Å². The smallest absolute Gasteiger partial charge is 0.394 e. The van der Waals surface area contributed by atoms with Gasteiger partial charge in [0.1, 0.15) is 11.8 Å². The molecule has 0 spiro atoms. The monoisotopic (exact) mass is 285 g/mol. The highest BCUT2D eigenvalue weighted by molar-refractivity contribution is 7.79. The fourth-order valence-electron chi connectivity index (χ4n) is 1.08. The number of aliphatic hydroxyl groups is 1. The van der Waals surface area contributed by atoms with Crippen LogP contribution in [-0.4, -0.2) is 57.4 Å². The number of carboxylic acid groups (broad SMARTS) is 1. The number of carboxylic acids is 1. The zero-order chi connectivity index (χ0) is 15.1. The van der Waals surface area contributed by atoms with Gasteiger partial charge in [0.05, 0.1) is 0 Å². The molecule has 0 aliphatic carbocycles. The first-order valence-corrected chi connectivity index (χ1v) is 6.21. The van der Waals surface area contributed by atoms with Crippen molar-refractivity contribution in [1.82, 2.24) is 4.90 Å². The molecule has 0 heterocycles. The van der Waals surface area contributed by atoms with Gasteiger partial charge in [-0.05, 0) is 27.3 Å². The van der Waals surface area contributed by atoms with Crippen LogP contribution in [0.3, 0.4) is 0 Å². The van der Waals surface area contributed by atoms with Gasteiger partial charge in [0.2, 0.25) is 0 Å². The molecule has 0 rings (SSSR count). The molecule has 4 N–H and O–H groups in total. The minimum atomic E-state index is -4.67. The Kier molecular flexibility index (Phi) is 7.99. The molecule has 2 unspecified atom stereocenters. The van der Waals surface area contributed by atoms with E-state index in [0.717, 1.165) is 0 Å². The van der Waals surface area contributed by atoms with E-state index < -0.39 is 28.1 Å². The lowest BCUT2D eigenvalue weighted by molar-refractivity contribution is -0.156. The van der Waals surface area contributed by atoms with Crippen molar-refractivity contribution >= 4 is 16.4 Å². The minimum Gasteiger partial charge on any atom is -0.480 e. The third-order valence-electron chi connectivity index (χ3n) is 2.34. The Balaban J connectivity index is 0. The van der Waals surface area contributed by atoms with Crippen LogP contribution in [0.1, 0.15) is 20.3 Å². The van der Waals surface area contributed by atoms with E-state index in [-0.39, 0.29) is 0 Å². The van der Waals surface area contributed by atoms with E-state index in [9.17, 15) is 9.90 Å². The molecule has 0 aliphatic rings. The van der Waals surface area contributed by atoms with Crippen LogP contribution in [0.4, 0.5) is 0 Å². The molecule has 0 amide bonds. The molecule has 9 heteroatoms. The molecule has 8 nitrogen and oxygen atoms in total. The van der Waals surface area contributed by atoms with Crippen molar-refractivity contribution in [3.8, 4) is 0 Å². The van der Waals surface area contributed by atoms with Crippen LogP contribution in [0.5, 0.6) is 0 Å². The summed E-state index contributed by atoms with van der Waals surface area (Å²) in [4.78, 5) is 12.4. The predicted molar refractivity (Wildman–Crippen MR) is 64.5 cm³/mol. The molecule has 18 heavy (non-hydrogen) atoms. The maximum Gasteiger partial charge on any atom is 0.394 e. The van der Waals surface area contributed by atoms with E-state index in [1.165, 1.54) is 17.9 Å². The Morgan fingerprint density at radius 1 is 1.50 bits per heavy atom. The Hall–Kier alpha value is -1.00. The fourth-order valence-corrected chi connectivity index (χ4v) is 1.08. The Morgan fingerprint density at radius 2 is 1.83 bits per heavy atom. The maximum atomic E-state index is 11.0. The van der Waals surface area contributed by atoms with Gasteiger partial charge in [-0.2, -0.15) is 8.42 Å². The number of likely N-dealkylation sites (N-methyl/N-ethyl adjacent to an activating group) is 1. The van der Waals surface area contributed by atoms with Gasteiger partial charge in [-0.25, -0.2) is 0 Å². The summed E-state index contributed by atoms with van der Waals surface area (Å²) < 4.78 is 31.6. The van der Waals surface area contributed by atoms with Crippen molar-refractivity contribution in [1.29, 1.82) is 0 Å². The number of hydrogen-bond donors (Lipinski definition) is 4. The molecule has 108 valence electrons. The number of hydrogen-bond acceptors (Lipinski definition) is 5. The van der Waals surface area contributed by atoms with Crippen molar-refractivity contribution < 1.29 is 32.5 Å². The highest BCUT2D eigenvalue weighted by atomic mass is 32.3. The molecule has 0 saturated carbocycles. The van der Waals surface area contributed by atoms with Gasteiger partial charge in [0.25, 0.3) is 0 Å². The summed E-state index contributed by atoms with van der Waals surface area (Å²) in [6, 6.07) is 0. The zero-order valence-electron chi connectivity index (χ0n) is 10.4. The van der Waals surface area contributed by atoms with E-state index in [1.54, 1.807) is 14.0 Å². The number of carbonyl (C=O) groups is 1. The first kappa shape index (κ1) is 19.3. The second-order valence-corrected chi connectivity index (χ2v) is 4.66. The summed E-state index contributed by atoms with van der Waals surface area (Å²) in [5.41, 5.74) is -1.09. The van der Waals surface area contributed by atoms with Crippen molar-refractivity contribution in [3.63, 3.8) is 0 Å². The van der Waals surface area contributed by atoms with Gasteiger partial charge >= 0.3 is 16.4 Å². The van der Waals surface area contributed by atoms with Crippen LogP contribution in [-0.2, 0) is 15.2 Å². The molecule has 0 aromatic heterocycles. The SMILES string of the molecule is C=CCC(C)(C(=O)O)N(C)C(C)O.O=S(=O)(O)O. The third-order valence-corrected chi connectivity index (χ3v) is 2.34. The van der Waals surface area contributed by atoms with Crippen LogP contribution < -0.4 is 0 Å². The van der Waals surface area contributed by atoms with E-state index in [2.05, 4.69) is 6.58 Å². The van der Waals surface area contributed by atoms with Crippen LogP contribution in [0, 0.1) is 0 Å². The van der Waals surface area contributed by atoms with E-state index >= 15 is 0 Å². The van der Waals surface area contributed by atoms with Crippen molar-refractivity contribution in [2.45, 2.75) is 32.0 Å². The summed E-state index contributed by atoms with van der Waals surface area (Å²) in [5, 5.41) is 18.2. The molecule has 2 atom stereocenters. The lowest BCUT2D eigenvalue weighted by Gasteiger charge is -2.36. The molecule has 0 aromatic rings. The summed E-state index contributed by atoms with van der Waals surface area (Å²) in [7, 11) is -3.09. The molecule has 0 radical (unpaired) electrons. The van der Waals surface area contributed by atoms with E-state index in [4.69, 9.17) is 22.6 Å². The highest BCUT2D eigenvalue weighted by Gasteiger charge is 2.37. The lowest BCUT2D eigenvalue weighted by Crippen LogP contribution is -2.53.